The highest BCUT2D eigenvalue weighted by atomic mass is 35.5. The number of rotatable bonds is 1. The molecule has 2 nitrogen and oxygen atoms in total. The van der Waals surface area contributed by atoms with Crippen LogP contribution in [0.5, 0.6) is 0 Å². The molecule has 1 aromatic heterocycles. The van der Waals surface area contributed by atoms with Crippen molar-refractivity contribution in [3.63, 3.8) is 0 Å². The smallest absolute Gasteiger partial charge is 0.253 e. The van der Waals surface area contributed by atoms with Gasteiger partial charge in [-0.1, -0.05) is 12.1 Å². The Morgan fingerprint density at radius 2 is 2.15 bits per heavy atom. The van der Waals surface area contributed by atoms with Crippen molar-refractivity contribution in [2.24, 2.45) is 0 Å². The molecule has 0 unspecified atom stereocenters. The lowest BCUT2D eigenvalue weighted by Crippen LogP contribution is -1.90. The average Bonchev–Trinajstić information content (AvgIpc) is 2.17. The molecular weight excluding hydrogens is 186 g/mol. The molecule has 64 valence electrons. The third-order valence-electron chi connectivity index (χ3n) is 1.89. The van der Waals surface area contributed by atoms with Crippen molar-refractivity contribution in [2.75, 3.05) is 0 Å². The summed E-state index contributed by atoms with van der Waals surface area (Å²) in [6, 6.07) is 7.17. The zero-order valence-corrected chi connectivity index (χ0v) is 7.45. The van der Waals surface area contributed by atoms with Crippen LogP contribution in [0.25, 0.3) is 10.8 Å². The molecule has 2 aromatic rings. The summed E-state index contributed by atoms with van der Waals surface area (Å²) in [6.45, 7) is 0. The molecule has 0 aliphatic rings. The van der Waals surface area contributed by atoms with Crippen LogP contribution >= 0.6 is 11.6 Å². The van der Waals surface area contributed by atoms with E-state index in [1.165, 1.54) is 0 Å². The molecule has 1 heterocycles. The van der Waals surface area contributed by atoms with Crippen molar-refractivity contribution in [2.45, 2.75) is 0 Å². The van der Waals surface area contributed by atoms with Gasteiger partial charge in [0, 0.05) is 23.3 Å². The number of benzene rings is 1. The average molecular weight is 192 g/mol. The van der Waals surface area contributed by atoms with Gasteiger partial charge in [-0.25, -0.2) is 0 Å². The minimum atomic E-state index is -0.434. The number of pyridine rings is 1. The van der Waals surface area contributed by atoms with Gasteiger partial charge in [-0.2, -0.15) is 0 Å². The fourth-order valence-electron chi connectivity index (χ4n) is 1.29. The van der Waals surface area contributed by atoms with Crippen molar-refractivity contribution in [3.05, 3.63) is 42.2 Å². The molecule has 0 bridgehead atoms. The zero-order chi connectivity index (χ0) is 9.26. The molecule has 0 aliphatic carbocycles. The van der Waals surface area contributed by atoms with Gasteiger partial charge in [0.1, 0.15) is 0 Å². The molecule has 0 saturated carbocycles. The summed E-state index contributed by atoms with van der Waals surface area (Å²) >= 11 is 5.42. The number of hydrogen-bond donors (Lipinski definition) is 0. The van der Waals surface area contributed by atoms with Gasteiger partial charge < -0.3 is 0 Å². The second-order valence-corrected chi connectivity index (χ2v) is 3.02. The fourth-order valence-corrected chi connectivity index (χ4v) is 1.46. The van der Waals surface area contributed by atoms with Crippen molar-refractivity contribution in [3.8, 4) is 0 Å². The Labute approximate surface area is 80.2 Å². The second-order valence-electron chi connectivity index (χ2n) is 2.68. The van der Waals surface area contributed by atoms with Crippen LogP contribution in [-0.4, -0.2) is 10.2 Å². The molecule has 0 saturated heterocycles. The largest absolute Gasteiger partial charge is 0.276 e. The standard InChI is InChI=1S/C10H6ClNO/c11-10(13)9-3-1-2-7-6-12-5-4-8(7)9/h1-6H. The first-order chi connectivity index (χ1) is 6.29. The highest BCUT2D eigenvalue weighted by Gasteiger charge is 2.05. The number of aromatic nitrogens is 1. The van der Waals surface area contributed by atoms with Gasteiger partial charge >= 0.3 is 0 Å². The Bertz CT molecular complexity index is 462. The highest BCUT2D eigenvalue weighted by Crippen LogP contribution is 2.18. The van der Waals surface area contributed by atoms with Crippen LogP contribution in [0.15, 0.2) is 36.7 Å². The van der Waals surface area contributed by atoms with Gasteiger partial charge in [-0.15, -0.1) is 0 Å². The van der Waals surface area contributed by atoms with Gasteiger partial charge in [-0.05, 0) is 29.1 Å². The first-order valence-corrected chi connectivity index (χ1v) is 4.19. The van der Waals surface area contributed by atoms with E-state index < -0.39 is 5.24 Å². The summed E-state index contributed by atoms with van der Waals surface area (Å²) < 4.78 is 0. The fraction of sp³-hybridized carbons (Fsp3) is 0. The van der Waals surface area contributed by atoms with E-state index in [0.29, 0.717) is 5.56 Å². The summed E-state index contributed by atoms with van der Waals surface area (Å²) in [7, 11) is 0. The van der Waals surface area contributed by atoms with Gasteiger partial charge in [0.25, 0.3) is 5.24 Å². The Morgan fingerprint density at radius 3 is 2.92 bits per heavy atom. The maximum Gasteiger partial charge on any atom is 0.253 e. The predicted octanol–water partition coefficient (Wildman–Crippen LogP) is 2.61. The molecule has 2 rings (SSSR count). The summed E-state index contributed by atoms with van der Waals surface area (Å²) in [5, 5.41) is 1.34. The number of carbonyl (C=O) groups is 1. The third kappa shape index (κ3) is 1.40. The first-order valence-electron chi connectivity index (χ1n) is 3.81. The van der Waals surface area contributed by atoms with Crippen LogP contribution in [0.4, 0.5) is 0 Å². The molecule has 1 aromatic carbocycles. The molecule has 0 N–H and O–H groups in total. The van der Waals surface area contributed by atoms with E-state index in [4.69, 9.17) is 11.6 Å². The SMILES string of the molecule is O=C(Cl)c1cccc2cnccc12. The number of halogens is 1. The van der Waals surface area contributed by atoms with Crippen molar-refractivity contribution >= 4 is 27.6 Å². The van der Waals surface area contributed by atoms with E-state index in [-0.39, 0.29) is 0 Å². The van der Waals surface area contributed by atoms with E-state index in [9.17, 15) is 4.79 Å². The minimum Gasteiger partial charge on any atom is -0.276 e. The first kappa shape index (κ1) is 8.20. The highest BCUT2D eigenvalue weighted by molar-refractivity contribution is 6.68. The summed E-state index contributed by atoms with van der Waals surface area (Å²) in [6.07, 6.45) is 3.35. The van der Waals surface area contributed by atoms with Gasteiger partial charge in [0.15, 0.2) is 0 Å². The van der Waals surface area contributed by atoms with Crippen LogP contribution in [0.3, 0.4) is 0 Å². The van der Waals surface area contributed by atoms with E-state index >= 15 is 0 Å². The minimum absolute atomic E-state index is 0.434. The lowest BCUT2D eigenvalue weighted by Gasteiger charge is -1.99. The van der Waals surface area contributed by atoms with Crippen molar-refractivity contribution in [1.82, 2.24) is 4.98 Å². The van der Waals surface area contributed by atoms with Crippen LogP contribution in [0, 0.1) is 0 Å². The molecule has 13 heavy (non-hydrogen) atoms. The van der Waals surface area contributed by atoms with Crippen LogP contribution in [0.2, 0.25) is 0 Å². The Balaban J connectivity index is 2.83. The number of hydrogen-bond acceptors (Lipinski definition) is 2. The van der Waals surface area contributed by atoms with Crippen molar-refractivity contribution in [1.29, 1.82) is 0 Å². The predicted molar refractivity (Wildman–Crippen MR) is 51.9 cm³/mol. The molecule has 0 fully saturated rings. The number of fused-ring (bicyclic) bond motifs is 1. The molecule has 3 heteroatoms. The van der Waals surface area contributed by atoms with Gasteiger partial charge in [-0.3, -0.25) is 9.78 Å². The third-order valence-corrected chi connectivity index (χ3v) is 2.10. The summed E-state index contributed by atoms with van der Waals surface area (Å²) in [5.74, 6) is 0. The maximum atomic E-state index is 11.0. The Kier molecular flexibility index (Phi) is 1.99. The maximum absolute atomic E-state index is 11.0. The molecule has 0 spiro atoms. The van der Waals surface area contributed by atoms with Gasteiger partial charge in [0.2, 0.25) is 0 Å². The van der Waals surface area contributed by atoms with Crippen molar-refractivity contribution < 1.29 is 4.79 Å². The molecule has 0 radical (unpaired) electrons. The summed E-state index contributed by atoms with van der Waals surface area (Å²) in [5.41, 5.74) is 0.529. The normalized spacial score (nSPS) is 10.2. The lowest BCUT2D eigenvalue weighted by atomic mass is 10.1. The monoisotopic (exact) mass is 191 g/mol. The van der Waals surface area contributed by atoms with Crippen LogP contribution in [0.1, 0.15) is 10.4 Å². The number of carbonyl (C=O) groups excluding carboxylic acids is 1. The quantitative estimate of drug-likeness (QED) is 0.649. The second kappa shape index (κ2) is 3.15. The molecule has 0 atom stereocenters. The Morgan fingerprint density at radius 1 is 1.31 bits per heavy atom. The molecular formula is C10H6ClNO. The van der Waals surface area contributed by atoms with Gasteiger partial charge in [0.05, 0.1) is 0 Å². The number of nitrogens with zero attached hydrogens (tertiary/aromatic N) is 1. The van der Waals surface area contributed by atoms with E-state index in [1.54, 1.807) is 30.6 Å². The molecule has 0 amide bonds. The van der Waals surface area contributed by atoms with E-state index in [2.05, 4.69) is 4.98 Å². The Hall–Kier alpha value is -1.41. The molecule has 0 aliphatic heterocycles. The van der Waals surface area contributed by atoms with Crippen LogP contribution < -0.4 is 0 Å². The van der Waals surface area contributed by atoms with E-state index in [1.807, 2.05) is 6.07 Å². The topological polar surface area (TPSA) is 30.0 Å². The van der Waals surface area contributed by atoms with Crippen LogP contribution in [-0.2, 0) is 0 Å². The lowest BCUT2D eigenvalue weighted by molar-refractivity contribution is 0.108. The summed E-state index contributed by atoms with van der Waals surface area (Å²) in [4.78, 5) is 15.0. The van der Waals surface area contributed by atoms with E-state index in [0.717, 1.165) is 10.8 Å². The zero-order valence-electron chi connectivity index (χ0n) is 6.70.